The van der Waals surface area contributed by atoms with E-state index in [4.69, 9.17) is 21.1 Å². The van der Waals surface area contributed by atoms with Crippen LogP contribution in [0.4, 0.5) is 0 Å². The van der Waals surface area contributed by atoms with Crippen molar-refractivity contribution < 1.29 is 9.47 Å². The average molecular weight is 277 g/mol. The Kier molecular flexibility index (Phi) is 4.33. The summed E-state index contributed by atoms with van der Waals surface area (Å²) in [6.07, 6.45) is 0.847. The maximum atomic E-state index is 6.17. The Morgan fingerprint density at radius 2 is 1.68 bits per heavy atom. The number of hydrogen-bond acceptors (Lipinski definition) is 2. The third-order valence-corrected chi connectivity index (χ3v) is 3.46. The highest BCUT2D eigenvalue weighted by Crippen LogP contribution is 2.29. The van der Waals surface area contributed by atoms with Gasteiger partial charge < -0.3 is 9.47 Å². The maximum Gasteiger partial charge on any atom is 0.137 e. The Morgan fingerprint density at radius 3 is 2.26 bits per heavy atom. The van der Waals surface area contributed by atoms with Gasteiger partial charge in [0.1, 0.15) is 11.5 Å². The molecule has 0 unspecified atom stereocenters. The zero-order chi connectivity index (χ0) is 13.8. The van der Waals surface area contributed by atoms with Gasteiger partial charge in [-0.1, -0.05) is 23.7 Å². The molecule has 0 aliphatic heterocycles. The normalized spacial score (nSPS) is 10.3. The first-order valence-electron chi connectivity index (χ1n) is 6.10. The predicted molar refractivity (Wildman–Crippen MR) is 78.5 cm³/mol. The van der Waals surface area contributed by atoms with Crippen LogP contribution in [0.2, 0.25) is 5.02 Å². The number of benzene rings is 2. The topological polar surface area (TPSA) is 18.5 Å². The molecule has 0 spiro atoms. The van der Waals surface area contributed by atoms with E-state index in [9.17, 15) is 0 Å². The molecule has 0 N–H and O–H groups in total. The van der Waals surface area contributed by atoms with Gasteiger partial charge in [0.2, 0.25) is 0 Å². The Hall–Kier alpha value is -1.67. The van der Waals surface area contributed by atoms with E-state index < -0.39 is 0 Å². The summed E-state index contributed by atoms with van der Waals surface area (Å²) < 4.78 is 10.4. The molecule has 0 aromatic heterocycles. The molecule has 0 aliphatic carbocycles. The summed E-state index contributed by atoms with van der Waals surface area (Å²) in [5, 5.41) is 0.650. The van der Waals surface area contributed by atoms with Crippen molar-refractivity contribution in [2.45, 2.75) is 13.3 Å². The molecular weight excluding hydrogens is 260 g/mol. The fraction of sp³-hybridized carbons (Fsp3) is 0.250. The lowest BCUT2D eigenvalue weighted by Crippen LogP contribution is -1.94. The predicted octanol–water partition coefficient (Wildman–Crippen LogP) is 4.26. The molecule has 0 heterocycles. The highest BCUT2D eigenvalue weighted by molar-refractivity contribution is 6.32. The van der Waals surface area contributed by atoms with Gasteiger partial charge in [-0.05, 0) is 54.3 Å². The third kappa shape index (κ3) is 3.21. The number of rotatable bonds is 4. The standard InChI is InChI=1S/C16H17ClO2/c1-11-8-16(19-3)15(17)10-13(11)9-12-4-6-14(18-2)7-5-12/h4-8,10H,9H2,1-3H3. The Bertz CT molecular complexity index is 562. The van der Waals surface area contributed by atoms with Crippen LogP contribution in [0.5, 0.6) is 11.5 Å². The van der Waals surface area contributed by atoms with Crippen molar-refractivity contribution in [3.8, 4) is 11.5 Å². The fourth-order valence-corrected chi connectivity index (χ4v) is 2.27. The van der Waals surface area contributed by atoms with E-state index in [-0.39, 0.29) is 0 Å². The van der Waals surface area contributed by atoms with E-state index in [1.165, 1.54) is 16.7 Å². The number of aryl methyl sites for hydroxylation is 1. The van der Waals surface area contributed by atoms with E-state index in [0.717, 1.165) is 17.9 Å². The average Bonchev–Trinajstić information content (AvgIpc) is 2.43. The summed E-state index contributed by atoms with van der Waals surface area (Å²) in [6.45, 7) is 2.07. The molecule has 0 bridgehead atoms. The highest BCUT2D eigenvalue weighted by Gasteiger charge is 2.07. The lowest BCUT2D eigenvalue weighted by molar-refractivity contribution is 0.414. The smallest absolute Gasteiger partial charge is 0.137 e. The summed E-state index contributed by atoms with van der Waals surface area (Å²) in [4.78, 5) is 0. The summed E-state index contributed by atoms with van der Waals surface area (Å²) in [7, 11) is 3.30. The summed E-state index contributed by atoms with van der Waals surface area (Å²) >= 11 is 6.17. The summed E-state index contributed by atoms with van der Waals surface area (Å²) in [5.41, 5.74) is 3.61. The molecule has 0 fully saturated rings. The quantitative estimate of drug-likeness (QED) is 0.831. The van der Waals surface area contributed by atoms with Crippen molar-refractivity contribution in [3.63, 3.8) is 0 Å². The van der Waals surface area contributed by atoms with E-state index in [1.807, 2.05) is 24.3 Å². The van der Waals surface area contributed by atoms with Crippen molar-refractivity contribution in [3.05, 3.63) is 58.1 Å². The number of methoxy groups -OCH3 is 2. The second kappa shape index (κ2) is 5.98. The molecule has 2 aromatic rings. The first-order chi connectivity index (χ1) is 9.13. The van der Waals surface area contributed by atoms with Crippen LogP contribution in [-0.2, 0) is 6.42 Å². The molecule has 2 nitrogen and oxygen atoms in total. The third-order valence-electron chi connectivity index (χ3n) is 3.16. The zero-order valence-electron chi connectivity index (χ0n) is 11.4. The first kappa shape index (κ1) is 13.8. The fourth-order valence-electron chi connectivity index (χ4n) is 2.01. The molecule has 0 atom stereocenters. The zero-order valence-corrected chi connectivity index (χ0v) is 12.1. The molecule has 2 rings (SSSR count). The number of ether oxygens (including phenoxy) is 2. The van der Waals surface area contributed by atoms with Crippen molar-refractivity contribution in [1.29, 1.82) is 0 Å². The molecular formula is C16H17ClO2. The van der Waals surface area contributed by atoms with E-state index in [0.29, 0.717) is 5.02 Å². The molecule has 2 aromatic carbocycles. The van der Waals surface area contributed by atoms with Crippen molar-refractivity contribution >= 4 is 11.6 Å². The second-order valence-electron chi connectivity index (χ2n) is 4.44. The van der Waals surface area contributed by atoms with Crippen molar-refractivity contribution in [2.24, 2.45) is 0 Å². The number of hydrogen-bond donors (Lipinski definition) is 0. The van der Waals surface area contributed by atoms with Crippen molar-refractivity contribution in [2.75, 3.05) is 14.2 Å². The van der Waals surface area contributed by atoms with Crippen LogP contribution >= 0.6 is 11.6 Å². The van der Waals surface area contributed by atoms with Gasteiger partial charge in [-0.3, -0.25) is 0 Å². The van der Waals surface area contributed by atoms with Gasteiger partial charge >= 0.3 is 0 Å². The van der Waals surface area contributed by atoms with Gasteiger partial charge in [0.15, 0.2) is 0 Å². The van der Waals surface area contributed by atoms with E-state index >= 15 is 0 Å². The van der Waals surface area contributed by atoms with Gasteiger partial charge in [0.05, 0.1) is 19.2 Å². The van der Waals surface area contributed by atoms with E-state index in [2.05, 4.69) is 19.1 Å². The minimum atomic E-state index is 0.650. The van der Waals surface area contributed by atoms with Crippen LogP contribution in [0.15, 0.2) is 36.4 Å². The molecule has 0 amide bonds. The van der Waals surface area contributed by atoms with Gasteiger partial charge in [0, 0.05) is 0 Å². The Balaban J connectivity index is 2.25. The van der Waals surface area contributed by atoms with Gasteiger partial charge in [0.25, 0.3) is 0 Å². The van der Waals surface area contributed by atoms with E-state index in [1.54, 1.807) is 14.2 Å². The molecule has 19 heavy (non-hydrogen) atoms. The highest BCUT2D eigenvalue weighted by atomic mass is 35.5. The second-order valence-corrected chi connectivity index (χ2v) is 4.85. The largest absolute Gasteiger partial charge is 0.497 e. The van der Waals surface area contributed by atoms with Crippen LogP contribution in [-0.4, -0.2) is 14.2 Å². The molecule has 0 aliphatic rings. The molecule has 0 radical (unpaired) electrons. The number of halogens is 1. The van der Waals surface area contributed by atoms with Crippen LogP contribution in [0.25, 0.3) is 0 Å². The lowest BCUT2D eigenvalue weighted by atomic mass is 10.0. The minimum absolute atomic E-state index is 0.650. The maximum absolute atomic E-state index is 6.17. The van der Waals surface area contributed by atoms with Gasteiger partial charge in [-0.25, -0.2) is 0 Å². The molecule has 100 valence electrons. The Morgan fingerprint density at radius 1 is 1.00 bits per heavy atom. The van der Waals surface area contributed by atoms with Crippen LogP contribution in [0.1, 0.15) is 16.7 Å². The van der Waals surface area contributed by atoms with Crippen LogP contribution in [0, 0.1) is 6.92 Å². The van der Waals surface area contributed by atoms with Crippen LogP contribution < -0.4 is 9.47 Å². The minimum Gasteiger partial charge on any atom is -0.497 e. The van der Waals surface area contributed by atoms with Crippen molar-refractivity contribution in [1.82, 2.24) is 0 Å². The first-order valence-corrected chi connectivity index (χ1v) is 6.47. The molecule has 0 saturated heterocycles. The van der Waals surface area contributed by atoms with Gasteiger partial charge in [-0.15, -0.1) is 0 Å². The summed E-state index contributed by atoms with van der Waals surface area (Å²) in [6, 6.07) is 12.0. The lowest BCUT2D eigenvalue weighted by Gasteiger charge is -2.10. The van der Waals surface area contributed by atoms with Crippen LogP contribution in [0.3, 0.4) is 0 Å². The Labute approximate surface area is 118 Å². The monoisotopic (exact) mass is 276 g/mol. The SMILES string of the molecule is COc1ccc(Cc2cc(Cl)c(OC)cc2C)cc1. The summed E-state index contributed by atoms with van der Waals surface area (Å²) in [5.74, 6) is 1.59. The molecule has 3 heteroatoms. The van der Waals surface area contributed by atoms with Gasteiger partial charge in [-0.2, -0.15) is 0 Å². The molecule has 0 saturated carbocycles.